The van der Waals surface area contributed by atoms with Crippen LogP contribution in [0.5, 0.6) is 0 Å². The van der Waals surface area contributed by atoms with Crippen molar-refractivity contribution in [2.75, 3.05) is 36.0 Å². The predicted molar refractivity (Wildman–Crippen MR) is 98.2 cm³/mol. The Labute approximate surface area is 144 Å². The van der Waals surface area contributed by atoms with Crippen molar-refractivity contribution < 1.29 is 4.92 Å². The maximum Gasteiger partial charge on any atom is 0.312 e. The number of nitro groups is 1. The molecule has 3 heterocycles. The standard InChI is InChI=1S/C18H30N4O2/c1-18(2,3)21-14-15(22(23)24)16(19-10-6-4-7-11-19)17(21)20-12-8-5-9-13-20/h14H,4-13H2,1-3H3. The summed E-state index contributed by atoms with van der Waals surface area (Å²) < 4.78 is 2.14. The quantitative estimate of drug-likeness (QED) is 0.616. The highest BCUT2D eigenvalue weighted by Crippen LogP contribution is 2.44. The van der Waals surface area contributed by atoms with Crippen LogP contribution in [0.15, 0.2) is 6.20 Å². The lowest BCUT2D eigenvalue weighted by molar-refractivity contribution is -0.384. The van der Waals surface area contributed by atoms with Crippen LogP contribution < -0.4 is 9.80 Å². The van der Waals surface area contributed by atoms with Crippen LogP contribution >= 0.6 is 0 Å². The van der Waals surface area contributed by atoms with Crippen LogP contribution in [0.3, 0.4) is 0 Å². The molecule has 0 radical (unpaired) electrons. The van der Waals surface area contributed by atoms with Gasteiger partial charge in [-0.3, -0.25) is 10.1 Å². The fourth-order valence-electron chi connectivity index (χ4n) is 3.95. The van der Waals surface area contributed by atoms with Gasteiger partial charge in [0.2, 0.25) is 0 Å². The van der Waals surface area contributed by atoms with Gasteiger partial charge in [-0.05, 0) is 59.3 Å². The molecule has 0 atom stereocenters. The number of rotatable bonds is 3. The van der Waals surface area contributed by atoms with Crippen molar-refractivity contribution in [3.8, 4) is 0 Å². The molecule has 2 aliphatic heterocycles. The topological polar surface area (TPSA) is 54.5 Å². The Morgan fingerprint density at radius 1 is 0.917 bits per heavy atom. The highest BCUT2D eigenvalue weighted by molar-refractivity contribution is 5.80. The average molecular weight is 334 g/mol. The fraction of sp³-hybridized carbons (Fsp3) is 0.778. The van der Waals surface area contributed by atoms with E-state index < -0.39 is 0 Å². The van der Waals surface area contributed by atoms with Crippen molar-refractivity contribution in [3.05, 3.63) is 16.3 Å². The second-order valence-electron chi connectivity index (χ2n) is 8.08. The summed E-state index contributed by atoms with van der Waals surface area (Å²) >= 11 is 0. The van der Waals surface area contributed by atoms with Crippen LogP contribution in [0.25, 0.3) is 0 Å². The van der Waals surface area contributed by atoms with Crippen molar-refractivity contribution in [3.63, 3.8) is 0 Å². The van der Waals surface area contributed by atoms with E-state index in [0.717, 1.165) is 50.5 Å². The molecule has 1 aromatic heterocycles. The van der Waals surface area contributed by atoms with E-state index in [4.69, 9.17) is 0 Å². The molecule has 0 unspecified atom stereocenters. The minimum atomic E-state index is -0.195. The molecule has 2 fully saturated rings. The normalized spacial score (nSPS) is 19.6. The first kappa shape index (κ1) is 17.1. The molecule has 0 spiro atoms. The summed E-state index contributed by atoms with van der Waals surface area (Å²) in [6, 6.07) is 0. The molecule has 0 bridgehead atoms. The van der Waals surface area contributed by atoms with Gasteiger partial charge < -0.3 is 14.4 Å². The summed E-state index contributed by atoms with van der Waals surface area (Å²) in [5.74, 6) is 1.07. The van der Waals surface area contributed by atoms with Gasteiger partial charge in [-0.1, -0.05) is 0 Å². The molecule has 0 aromatic carbocycles. The van der Waals surface area contributed by atoms with Gasteiger partial charge in [0.25, 0.3) is 0 Å². The van der Waals surface area contributed by atoms with E-state index in [1.54, 1.807) is 6.20 Å². The second kappa shape index (κ2) is 6.65. The minimum absolute atomic E-state index is 0.175. The number of piperidine rings is 2. The zero-order valence-electron chi connectivity index (χ0n) is 15.3. The first-order chi connectivity index (χ1) is 11.4. The van der Waals surface area contributed by atoms with Gasteiger partial charge in [0.1, 0.15) is 5.82 Å². The van der Waals surface area contributed by atoms with Gasteiger partial charge >= 0.3 is 5.69 Å². The number of aromatic nitrogens is 1. The van der Waals surface area contributed by atoms with Crippen LogP contribution in [0.1, 0.15) is 59.3 Å². The summed E-state index contributed by atoms with van der Waals surface area (Å²) in [7, 11) is 0. The lowest BCUT2D eigenvalue weighted by Crippen LogP contribution is -2.37. The Balaban J connectivity index is 2.14. The van der Waals surface area contributed by atoms with Gasteiger partial charge in [0, 0.05) is 31.7 Å². The van der Waals surface area contributed by atoms with E-state index in [-0.39, 0.29) is 16.1 Å². The molecule has 6 heteroatoms. The lowest BCUT2D eigenvalue weighted by atomic mass is 10.1. The number of anilines is 2. The van der Waals surface area contributed by atoms with E-state index >= 15 is 0 Å². The Hall–Kier alpha value is -1.72. The van der Waals surface area contributed by atoms with Crippen LogP contribution in [-0.2, 0) is 5.54 Å². The molecule has 0 saturated carbocycles. The first-order valence-electron chi connectivity index (χ1n) is 9.29. The monoisotopic (exact) mass is 334 g/mol. The Kier molecular flexibility index (Phi) is 4.74. The second-order valence-corrected chi connectivity index (χ2v) is 8.08. The third-order valence-corrected chi connectivity index (χ3v) is 5.18. The average Bonchev–Trinajstić information content (AvgIpc) is 2.97. The van der Waals surface area contributed by atoms with E-state index in [9.17, 15) is 10.1 Å². The van der Waals surface area contributed by atoms with Crippen molar-refractivity contribution in [2.24, 2.45) is 0 Å². The molecule has 2 saturated heterocycles. The van der Waals surface area contributed by atoms with Crippen LogP contribution in [0.4, 0.5) is 17.2 Å². The first-order valence-corrected chi connectivity index (χ1v) is 9.29. The Bertz CT molecular complexity index is 591. The minimum Gasteiger partial charge on any atom is -0.363 e. The van der Waals surface area contributed by atoms with Crippen molar-refractivity contribution in [1.82, 2.24) is 4.57 Å². The predicted octanol–water partition coefficient (Wildman–Crippen LogP) is 4.13. The van der Waals surface area contributed by atoms with Gasteiger partial charge in [0.05, 0.1) is 11.1 Å². The van der Waals surface area contributed by atoms with Gasteiger partial charge in [0.15, 0.2) is 5.69 Å². The van der Waals surface area contributed by atoms with E-state index in [0.29, 0.717) is 0 Å². The summed E-state index contributed by atoms with van der Waals surface area (Å²) in [6.45, 7) is 10.2. The third-order valence-electron chi connectivity index (χ3n) is 5.18. The van der Waals surface area contributed by atoms with E-state index in [1.807, 2.05) is 0 Å². The zero-order chi connectivity index (χ0) is 17.3. The molecule has 0 aliphatic carbocycles. The van der Waals surface area contributed by atoms with Gasteiger partial charge in [-0.15, -0.1) is 0 Å². The summed E-state index contributed by atoms with van der Waals surface area (Å²) in [5, 5.41) is 11.8. The molecule has 134 valence electrons. The van der Waals surface area contributed by atoms with Gasteiger partial charge in [-0.2, -0.15) is 0 Å². The molecule has 24 heavy (non-hydrogen) atoms. The van der Waals surface area contributed by atoms with E-state index in [2.05, 4.69) is 35.1 Å². The van der Waals surface area contributed by atoms with Crippen molar-refractivity contribution >= 4 is 17.2 Å². The molecule has 2 aliphatic rings. The zero-order valence-corrected chi connectivity index (χ0v) is 15.3. The van der Waals surface area contributed by atoms with Crippen LogP contribution in [0.2, 0.25) is 0 Å². The molecule has 3 rings (SSSR count). The molecular weight excluding hydrogens is 304 g/mol. The largest absolute Gasteiger partial charge is 0.363 e. The SMILES string of the molecule is CC(C)(C)n1cc([N+](=O)[O-])c(N2CCCCC2)c1N1CCCCC1. The van der Waals surface area contributed by atoms with Crippen molar-refractivity contribution in [2.45, 2.75) is 64.8 Å². The summed E-state index contributed by atoms with van der Waals surface area (Å²) in [6.07, 6.45) is 8.84. The Morgan fingerprint density at radius 3 is 1.88 bits per heavy atom. The smallest absolute Gasteiger partial charge is 0.312 e. The number of nitrogens with zero attached hydrogens (tertiary/aromatic N) is 4. The number of hydrogen-bond acceptors (Lipinski definition) is 4. The maximum absolute atomic E-state index is 11.8. The molecule has 1 aromatic rings. The molecule has 0 amide bonds. The molecule has 0 N–H and O–H groups in total. The highest BCUT2D eigenvalue weighted by atomic mass is 16.6. The van der Waals surface area contributed by atoms with Crippen molar-refractivity contribution in [1.29, 1.82) is 0 Å². The third kappa shape index (κ3) is 3.23. The Morgan fingerprint density at radius 2 is 1.42 bits per heavy atom. The van der Waals surface area contributed by atoms with Gasteiger partial charge in [-0.25, -0.2) is 0 Å². The number of hydrogen-bond donors (Lipinski definition) is 0. The van der Waals surface area contributed by atoms with E-state index in [1.165, 1.54) is 25.7 Å². The molecular formula is C18H30N4O2. The highest BCUT2D eigenvalue weighted by Gasteiger charge is 2.35. The summed E-state index contributed by atoms with van der Waals surface area (Å²) in [4.78, 5) is 16.2. The summed E-state index contributed by atoms with van der Waals surface area (Å²) in [5.41, 5.74) is 0.954. The maximum atomic E-state index is 11.8. The van der Waals surface area contributed by atoms with Crippen LogP contribution in [0, 0.1) is 10.1 Å². The lowest BCUT2D eigenvalue weighted by Gasteiger charge is -2.37. The van der Waals surface area contributed by atoms with Crippen LogP contribution in [-0.4, -0.2) is 35.7 Å². The molecule has 6 nitrogen and oxygen atoms in total. The fourth-order valence-corrected chi connectivity index (χ4v) is 3.95.